The van der Waals surface area contributed by atoms with Crippen molar-refractivity contribution in [2.45, 2.75) is 93.7 Å². The van der Waals surface area contributed by atoms with Crippen molar-refractivity contribution in [3.63, 3.8) is 0 Å². The lowest BCUT2D eigenvalue weighted by Crippen LogP contribution is -2.15. The van der Waals surface area contributed by atoms with E-state index in [-0.39, 0.29) is 12.5 Å². The van der Waals surface area contributed by atoms with Gasteiger partial charge in [-0.3, -0.25) is 4.79 Å². The van der Waals surface area contributed by atoms with Gasteiger partial charge in [-0.15, -0.1) is 0 Å². The predicted octanol–water partition coefficient (Wildman–Crippen LogP) is 9.51. The van der Waals surface area contributed by atoms with Crippen molar-refractivity contribution >= 4 is 5.97 Å². The van der Waals surface area contributed by atoms with E-state index in [0.717, 1.165) is 24.8 Å². The topological polar surface area (TPSA) is 52.3 Å². The van der Waals surface area contributed by atoms with Crippen LogP contribution in [-0.4, -0.2) is 25.8 Å². The van der Waals surface area contributed by atoms with Crippen LogP contribution in [0.1, 0.15) is 87.5 Å². The number of alkyl halides is 3. The summed E-state index contributed by atoms with van der Waals surface area (Å²) in [5, 5.41) is 0. The van der Waals surface area contributed by atoms with Crippen LogP contribution in [0.5, 0.6) is 0 Å². The number of hydrogen-bond donors (Lipinski definition) is 1. The number of rotatable bonds is 11. The standard InChI is InChI=1S/C24H35F3.C4H8.C3H7NO2/c1-8-12-19(6)15-16-21(20(7)13-9-2)22(14-10-3)23(24(25,26)27)17-18(5)11-4;1-3-4-2;1-6-3(5)2-4/h11,13,15-17H,4,8-10,12,14H2,1-3,5-7H3;3-4H,1-2H3;2,4H2,1H3/b18-17-,19-15-,20-13-,21-16+,23-22-;4-3-;. The van der Waals surface area contributed by atoms with E-state index in [1.165, 1.54) is 24.8 Å². The summed E-state index contributed by atoms with van der Waals surface area (Å²) in [5.41, 5.74) is 7.82. The van der Waals surface area contributed by atoms with Crippen LogP contribution in [0.15, 0.2) is 82.5 Å². The SMILES string of the molecule is C/C=C\C.C=C\C(C)=C/C(=C(CCC)/C(=C/C=C(/C)CCC)C(/C)=C\CC)C(F)(F)F.COC(=O)CN. The minimum absolute atomic E-state index is 0.0312. The Kier molecular flexibility index (Phi) is 25.0. The molecule has 0 saturated carbocycles. The zero-order valence-electron chi connectivity index (χ0n) is 24.5. The van der Waals surface area contributed by atoms with Gasteiger partial charge in [0, 0.05) is 0 Å². The Balaban J connectivity index is -0.000000970. The fourth-order valence-electron chi connectivity index (χ4n) is 2.96. The van der Waals surface area contributed by atoms with Crippen molar-refractivity contribution in [2.75, 3.05) is 13.7 Å². The van der Waals surface area contributed by atoms with E-state index in [2.05, 4.69) is 18.2 Å². The summed E-state index contributed by atoms with van der Waals surface area (Å²) in [4.78, 5) is 9.83. The van der Waals surface area contributed by atoms with Crippen molar-refractivity contribution in [1.82, 2.24) is 0 Å². The highest BCUT2D eigenvalue weighted by atomic mass is 19.4. The Morgan fingerprint density at radius 2 is 1.51 bits per heavy atom. The molecule has 2 N–H and O–H groups in total. The van der Waals surface area contributed by atoms with Crippen LogP contribution >= 0.6 is 0 Å². The van der Waals surface area contributed by atoms with Gasteiger partial charge in [0.25, 0.3) is 0 Å². The van der Waals surface area contributed by atoms with E-state index < -0.39 is 11.7 Å². The summed E-state index contributed by atoms with van der Waals surface area (Å²) in [6.07, 6.45) is 11.8. The third kappa shape index (κ3) is 20.2. The highest BCUT2D eigenvalue weighted by Crippen LogP contribution is 2.37. The normalized spacial score (nSPS) is 13.8. The summed E-state index contributed by atoms with van der Waals surface area (Å²) in [7, 11) is 1.30. The molecule has 0 aromatic heterocycles. The molecule has 37 heavy (non-hydrogen) atoms. The lowest BCUT2D eigenvalue weighted by Gasteiger charge is -2.19. The molecule has 0 amide bonds. The zero-order chi connectivity index (χ0) is 29.4. The smallest absolute Gasteiger partial charge is 0.416 e. The van der Waals surface area contributed by atoms with Crippen molar-refractivity contribution in [1.29, 1.82) is 0 Å². The van der Waals surface area contributed by atoms with Gasteiger partial charge in [0.2, 0.25) is 0 Å². The number of carbonyl (C=O) groups excluding carboxylic acids is 1. The van der Waals surface area contributed by atoms with E-state index >= 15 is 0 Å². The summed E-state index contributed by atoms with van der Waals surface area (Å²) in [6, 6.07) is 0. The lowest BCUT2D eigenvalue weighted by molar-refractivity contribution is -0.138. The van der Waals surface area contributed by atoms with Gasteiger partial charge in [-0.05, 0) is 76.7 Å². The number of carbonyl (C=O) groups is 1. The number of nitrogens with two attached hydrogens (primary N) is 1. The Labute approximate surface area is 224 Å². The minimum atomic E-state index is -4.41. The second-order valence-corrected chi connectivity index (χ2v) is 8.32. The van der Waals surface area contributed by atoms with E-state index in [1.807, 2.05) is 71.9 Å². The van der Waals surface area contributed by atoms with Gasteiger partial charge in [-0.25, -0.2) is 0 Å². The van der Waals surface area contributed by atoms with Crippen molar-refractivity contribution < 1.29 is 22.7 Å². The van der Waals surface area contributed by atoms with E-state index in [9.17, 15) is 18.0 Å². The molecule has 0 unspecified atom stereocenters. The minimum Gasteiger partial charge on any atom is -0.468 e. The molecule has 0 saturated heterocycles. The molecular weight excluding hydrogens is 475 g/mol. The van der Waals surface area contributed by atoms with Crippen LogP contribution in [0.3, 0.4) is 0 Å². The van der Waals surface area contributed by atoms with Gasteiger partial charge < -0.3 is 10.5 Å². The molecule has 6 heteroatoms. The van der Waals surface area contributed by atoms with Crippen LogP contribution in [0, 0.1) is 0 Å². The molecule has 3 nitrogen and oxygen atoms in total. The fourth-order valence-corrected chi connectivity index (χ4v) is 2.96. The molecule has 0 aliphatic heterocycles. The van der Waals surface area contributed by atoms with Gasteiger partial charge in [-0.2, -0.15) is 13.2 Å². The average Bonchev–Trinajstić information content (AvgIpc) is 2.86. The van der Waals surface area contributed by atoms with Gasteiger partial charge in [0.1, 0.15) is 0 Å². The number of halogens is 3. The monoisotopic (exact) mass is 525 g/mol. The molecule has 0 fully saturated rings. The lowest BCUT2D eigenvalue weighted by atomic mass is 9.89. The third-order valence-corrected chi connectivity index (χ3v) is 4.99. The molecule has 0 aromatic rings. The van der Waals surface area contributed by atoms with Gasteiger partial charge in [0.05, 0.1) is 19.2 Å². The number of esters is 1. The van der Waals surface area contributed by atoms with Gasteiger partial charge >= 0.3 is 12.1 Å². The van der Waals surface area contributed by atoms with Crippen LogP contribution in [-0.2, 0) is 9.53 Å². The van der Waals surface area contributed by atoms with E-state index in [1.54, 1.807) is 6.92 Å². The molecular formula is C31H50F3NO2. The molecule has 0 spiro atoms. The first-order chi connectivity index (χ1) is 17.3. The molecule has 0 heterocycles. The second-order valence-electron chi connectivity index (χ2n) is 8.32. The Hall–Kier alpha value is -2.60. The molecule has 0 rings (SSSR count). The van der Waals surface area contributed by atoms with E-state index in [4.69, 9.17) is 5.73 Å². The molecule has 0 bridgehead atoms. The molecule has 212 valence electrons. The maximum absolute atomic E-state index is 13.9. The first kappa shape index (κ1) is 38.9. The number of ether oxygens (including phenoxy) is 1. The van der Waals surface area contributed by atoms with Crippen molar-refractivity contribution in [3.05, 3.63) is 82.5 Å². The highest BCUT2D eigenvalue weighted by Gasteiger charge is 2.35. The summed E-state index contributed by atoms with van der Waals surface area (Å²) < 4.78 is 45.9. The second kappa shape index (κ2) is 23.8. The van der Waals surface area contributed by atoms with Crippen molar-refractivity contribution in [2.24, 2.45) is 5.73 Å². The first-order valence-corrected chi connectivity index (χ1v) is 12.8. The predicted molar refractivity (Wildman–Crippen MR) is 154 cm³/mol. The fraction of sp³-hybridized carbons (Fsp3) is 0.516. The quantitative estimate of drug-likeness (QED) is 0.166. The van der Waals surface area contributed by atoms with Crippen LogP contribution in [0.25, 0.3) is 0 Å². The Morgan fingerprint density at radius 3 is 1.84 bits per heavy atom. The maximum atomic E-state index is 13.9. The molecule has 0 aromatic carbocycles. The Morgan fingerprint density at radius 1 is 0.973 bits per heavy atom. The zero-order valence-corrected chi connectivity index (χ0v) is 24.5. The van der Waals surface area contributed by atoms with Gasteiger partial charge in [0.15, 0.2) is 0 Å². The van der Waals surface area contributed by atoms with Crippen molar-refractivity contribution in [3.8, 4) is 0 Å². The van der Waals surface area contributed by atoms with Crippen LogP contribution in [0.4, 0.5) is 13.2 Å². The Bertz CT molecular complexity index is 829. The van der Waals surface area contributed by atoms with Crippen LogP contribution in [0.2, 0.25) is 0 Å². The highest BCUT2D eigenvalue weighted by molar-refractivity contribution is 5.71. The molecule has 0 radical (unpaired) electrons. The number of allylic oxidation sites excluding steroid dienone is 13. The first-order valence-electron chi connectivity index (χ1n) is 12.8. The number of hydrogen-bond acceptors (Lipinski definition) is 3. The number of methoxy groups -OCH3 is 1. The van der Waals surface area contributed by atoms with Crippen LogP contribution < -0.4 is 5.73 Å². The van der Waals surface area contributed by atoms with Gasteiger partial charge in [-0.1, -0.05) is 87.8 Å². The molecule has 0 aliphatic carbocycles. The summed E-state index contributed by atoms with van der Waals surface area (Å²) in [5.74, 6) is -0.380. The maximum Gasteiger partial charge on any atom is 0.416 e. The molecule has 0 aliphatic rings. The largest absolute Gasteiger partial charge is 0.468 e. The molecule has 0 atom stereocenters. The summed E-state index contributed by atoms with van der Waals surface area (Å²) >= 11 is 0. The summed E-state index contributed by atoms with van der Waals surface area (Å²) in [6.45, 7) is 19.1. The average molecular weight is 526 g/mol. The third-order valence-electron chi connectivity index (χ3n) is 4.99. The van der Waals surface area contributed by atoms with E-state index in [0.29, 0.717) is 29.6 Å².